The second-order valence-corrected chi connectivity index (χ2v) is 9.32. The summed E-state index contributed by atoms with van der Waals surface area (Å²) in [5.74, 6) is 0.756. The zero-order valence-electron chi connectivity index (χ0n) is 20.1. The van der Waals surface area contributed by atoms with E-state index in [0.29, 0.717) is 43.2 Å². The summed E-state index contributed by atoms with van der Waals surface area (Å²) >= 11 is 0. The number of halogens is 1. The lowest BCUT2D eigenvalue weighted by molar-refractivity contribution is -0.141. The molecule has 2 aromatic carbocycles. The summed E-state index contributed by atoms with van der Waals surface area (Å²) in [6.45, 7) is 4.98. The summed E-state index contributed by atoms with van der Waals surface area (Å²) in [6, 6.07) is 12.4. The van der Waals surface area contributed by atoms with E-state index in [1.54, 1.807) is 20.3 Å². The number of hydrogen-bond acceptors (Lipinski definition) is 5. The molecule has 7 heteroatoms. The van der Waals surface area contributed by atoms with Gasteiger partial charge >= 0.3 is 0 Å². The molecule has 0 saturated carbocycles. The van der Waals surface area contributed by atoms with E-state index in [9.17, 15) is 9.18 Å². The minimum Gasteiger partial charge on any atom is -0.496 e. The van der Waals surface area contributed by atoms with Crippen LogP contribution < -0.4 is 10.1 Å². The van der Waals surface area contributed by atoms with E-state index >= 15 is 0 Å². The first-order valence-corrected chi connectivity index (χ1v) is 12.1. The van der Waals surface area contributed by atoms with Crippen LogP contribution in [0.2, 0.25) is 0 Å². The number of carbonyl (C=O) groups excluding carboxylic acids is 1. The Morgan fingerprint density at radius 3 is 2.76 bits per heavy atom. The summed E-state index contributed by atoms with van der Waals surface area (Å²) in [6.07, 6.45) is 3.19. The Labute approximate surface area is 201 Å². The van der Waals surface area contributed by atoms with Gasteiger partial charge in [0.1, 0.15) is 11.6 Å². The molecule has 0 aliphatic carbocycles. The topological polar surface area (TPSA) is 60.0 Å². The molecule has 0 unspecified atom stereocenters. The average Bonchev–Trinajstić information content (AvgIpc) is 3.52. The molecule has 34 heavy (non-hydrogen) atoms. The van der Waals surface area contributed by atoms with Crippen molar-refractivity contribution in [1.29, 1.82) is 0 Å². The van der Waals surface area contributed by atoms with Gasteiger partial charge in [-0.1, -0.05) is 24.3 Å². The number of methoxy groups -OCH3 is 2. The van der Waals surface area contributed by atoms with Gasteiger partial charge in [0.25, 0.3) is 5.91 Å². The third-order valence-corrected chi connectivity index (χ3v) is 6.97. The number of ether oxygens (including phenoxy) is 3. The zero-order valence-corrected chi connectivity index (χ0v) is 20.1. The molecule has 184 valence electrons. The second-order valence-electron chi connectivity index (χ2n) is 9.32. The van der Waals surface area contributed by atoms with Crippen LogP contribution in [-0.2, 0) is 20.7 Å². The standard InChI is InChI=1S/C27H35FN2O4/c1-32-15-13-30-12-10-21(19-30)18-29-26(31)27(11-3-14-34-27)17-20-4-6-22(7-5-20)24-16-23(28)8-9-25(24)33-2/h4-9,16,21H,3,10-15,17-19H2,1-2H3,(H,29,31)/t21-,27-/m1/s1. The lowest BCUT2D eigenvalue weighted by Crippen LogP contribution is -2.49. The van der Waals surface area contributed by atoms with Gasteiger partial charge in [-0.25, -0.2) is 4.39 Å². The van der Waals surface area contributed by atoms with Crippen LogP contribution >= 0.6 is 0 Å². The molecule has 2 saturated heterocycles. The molecule has 4 rings (SSSR count). The lowest BCUT2D eigenvalue weighted by atomic mass is 9.89. The summed E-state index contributed by atoms with van der Waals surface area (Å²) in [4.78, 5) is 15.6. The zero-order chi connectivity index (χ0) is 24.0. The summed E-state index contributed by atoms with van der Waals surface area (Å²) in [5, 5.41) is 3.18. The van der Waals surface area contributed by atoms with E-state index in [4.69, 9.17) is 14.2 Å². The molecular formula is C27H35FN2O4. The van der Waals surface area contributed by atoms with Gasteiger partial charge in [-0.05, 0) is 61.1 Å². The molecule has 2 aliphatic rings. The Balaban J connectivity index is 1.39. The summed E-state index contributed by atoms with van der Waals surface area (Å²) in [5.41, 5.74) is 1.76. The van der Waals surface area contributed by atoms with Crippen molar-refractivity contribution < 1.29 is 23.4 Å². The maximum Gasteiger partial charge on any atom is 0.252 e. The molecule has 1 amide bonds. The molecule has 0 aromatic heterocycles. The van der Waals surface area contributed by atoms with Gasteiger partial charge in [0.05, 0.1) is 13.7 Å². The Hall–Kier alpha value is -2.48. The van der Waals surface area contributed by atoms with E-state index in [2.05, 4.69) is 10.2 Å². The monoisotopic (exact) mass is 470 g/mol. The van der Waals surface area contributed by atoms with E-state index in [1.165, 1.54) is 12.1 Å². The van der Waals surface area contributed by atoms with Gasteiger partial charge in [-0.3, -0.25) is 4.79 Å². The highest BCUT2D eigenvalue weighted by molar-refractivity contribution is 5.86. The highest BCUT2D eigenvalue weighted by atomic mass is 19.1. The number of benzene rings is 2. The number of nitrogens with one attached hydrogen (secondary N) is 1. The molecule has 2 aliphatic heterocycles. The van der Waals surface area contributed by atoms with Gasteiger partial charge in [-0.15, -0.1) is 0 Å². The summed E-state index contributed by atoms with van der Waals surface area (Å²) < 4.78 is 30.4. The molecule has 2 fully saturated rings. The molecule has 0 radical (unpaired) electrons. The normalized spacial score (nSPS) is 22.7. The van der Waals surface area contributed by atoms with Crippen molar-refractivity contribution in [1.82, 2.24) is 10.2 Å². The van der Waals surface area contributed by atoms with Crippen LogP contribution in [0.1, 0.15) is 24.8 Å². The number of rotatable bonds is 10. The van der Waals surface area contributed by atoms with E-state index < -0.39 is 5.60 Å². The van der Waals surface area contributed by atoms with E-state index in [-0.39, 0.29) is 11.7 Å². The van der Waals surface area contributed by atoms with Gasteiger partial charge in [-0.2, -0.15) is 0 Å². The number of likely N-dealkylation sites (tertiary alicyclic amines) is 1. The molecule has 0 bridgehead atoms. The molecular weight excluding hydrogens is 435 g/mol. The Morgan fingerprint density at radius 2 is 2.06 bits per heavy atom. The fourth-order valence-corrected chi connectivity index (χ4v) is 5.03. The summed E-state index contributed by atoms with van der Waals surface area (Å²) in [7, 11) is 3.30. The smallest absolute Gasteiger partial charge is 0.252 e. The quantitative estimate of drug-likeness (QED) is 0.574. The first-order valence-electron chi connectivity index (χ1n) is 12.1. The average molecular weight is 471 g/mol. The molecule has 2 aromatic rings. The largest absolute Gasteiger partial charge is 0.496 e. The highest BCUT2D eigenvalue weighted by Crippen LogP contribution is 2.33. The van der Waals surface area contributed by atoms with Gasteiger partial charge in [0, 0.05) is 45.3 Å². The Kier molecular flexibility index (Phi) is 8.19. The minimum atomic E-state index is -0.827. The van der Waals surface area contributed by atoms with Crippen LogP contribution in [0.25, 0.3) is 11.1 Å². The third kappa shape index (κ3) is 5.77. The SMILES string of the molecule is COCCN1CC[C@H](CNC(=O)[C@]2(Cc3ccc(-c4cc(F)ccc4OC)cc3)CCCO2)C1. The Bertz CT molecular complexity index is 960. The van der Waals surface area contributed by atoms with Crippen LogP contribution in [0, 0.1) is 11.7 Å². The van der Waals surface area contributed by atoms with Crippen LogP contribution in [0.3, 0.4) is 0 Å². The van der Waals surface area contributed by atoms with Crippen LogP contribution in [0.5, 0.6) is 5.75 Å². The van der Waals surface area contributed by atoms with Gasteiger partial charge < -0.3 is 24.4 Å². The van der Waals surface area contributed by atoms with E-state index in [1.807, 2.05) is 24.3 Å². The number of carbonyl (C=O) groups is 1. The predicted molar refractivity (Wildman–Crippen MR) is 129 cm³/mol. The lowest BCUT2D eigenvalue weighted by Gasteiger charge is -2.28. The van der Waals surface area contributed by atoms with Gasteiger partial charge in [0.15, 0.2) is 5.60 Å². The van der Waals surface area contributed by atoms with Crippen molar-refractivity contribution in [2.45, 2.75) is 31.3 Å². The molecule has 6 nitrogen and oxygen atoms in total. The van der Waals surface area contributed by atoms with Crippen molar-refractivity contribution in [3.63, 3.8) is 0 Å². The van der Waals surface area contributed by atoms with Crippen molar-refractivity contribution >= 4 is 5.91 Å². The van der Waals surface area contributed by atoms with Crippen LogP contribution in [0.15, 0.2) is 42.5 Å². The maximum absolute atomic E-state index is 13.8. The van der Waals surface area contributed by atoms with Crippen LogP contribution in [0.4, 0.5) is 4.39 Å². The molecule has 1 N–H and O–H groups in total. The van der Waals surface area contributed by atoms with Crippen molar-refractivity contribution in [2.24, 2.45) is 5.92 Å². The highest BCUT2D eigenvalue weighted by Gasteiger charge is 2.43. The predicted octanol–water partition coefficient (Wildman–Crippen LogP) is 3.68. The fraction of sp³-hybridized carbons (Fsp3) is 0.519. The Morgan fingerprint density at radius 1 is 1.24 bits per heavy atom. The van der Waals surface area contributed by atoms with Crippen molar-refractivity contribution in [3.8, 4) is 16.9 Å². The number of hydrogen-bond donors (Lipinski definition) is 1. The molecule has 2 heterocycles. The van der Waals surface area contributed by atoms with Gasteiger partial charge in [0.2, 0.25) is 0 Å². The second kappa shape index (κ2) is 11.3. The first kappa shape index (κ1) is 24.6. The number of nitrogens with zero attached hydrogens (tertiary/aromatic N) is 1. The van der Waals surface area contributed by atoms with Crippen molar-refractivity contribution in [2.75, 3.05) is 53.6 Å². The third-order valence-electron chi connectivity index (χ3n) is 6.97. The van der Waals surface area contributed by atoms with E-state index in [0.717, 1.165) is 50.2 Å². The van der Waals surface area contributed by atoms with Crippen molar-refractivity contribution in [3.05, 3.63) is 53.8 Å². The maximum atomic E-state index is 13.8. The first-order chi connectivity index (χ1) is 16.5. The molecule has 0 spiro atoms. The fourth-order valence-electron chi connectivity index (χ4n) is 5.03. The minimum absolute atomic E-state index is 0.0174. The molecule has 2 atom stereocenters. The number of amides is 1. The van der Waals surface area contributed by atoms with Crippen LogP contribution in [-0.4, -0.2) is 70.0 Å².